The predicted molar refractivity (Wildman–Crippen MR) is 124 cm³/mol. The van der Waals surface area contributed by atoms with E-state index in [1.807, 2.05) is 37.3 Å². The van der Waals surface area contributed by atoms with Gasteiger partial charge in [0.1, 0.15) is 17.2 Å². The lowest BCUT2D eigenvalue weighted by atomic mass is 10.1. The zero-order chi connectivity index (χ0) is 23.2. The van der Waals surface area contributed by atoms with E-state index in [-0.39, 0.29) is 12.5 Å². The molecule has 0 unspecified atom stereocenters. The fourth-order valence-corrected chi connectivity index (χ4v) is 3.13. The number of aromatic nitrogens is 2. The maximum Gasteiger partial charge on any atom is 0.262 e. The molecule has 0 saturated carbocycles. The number of amides is 1. The van der Waals surface area contributed by atoms with Crippen molar-refractivity contribution in [3.05, 3.63) is 72.3 Å². The molecule has 8 heteroatoms. The Hall–Kier alpha value is -4.33. The molecule has 0 fully saturated rings. The van der Waals surface area contributed by atoms with Crippen LogP contribution in [0.3, 0.4) is 0 Å². The highest BCUT2D eigenvalue weighted by molar-refractivity contribution is 5.93. The van der Waals surface area contributed by atoms with Gasteiger partial charge in [-0.05, 0) is 37.3 Å². The van der Waals surface area contributed by atoms with Gasteiger partial charge in [-0.3, -0.25) is 4.79 Å². The average molecular weight is 445 g/mol. The number of carbonyl (C=O) groups excluding carboxylic acids is 1. The molecule has 4 aromatic rings. The van der Waals surface area contributed by atoms with Gasteiger partial charge in [-0.2, -0.15) is 4.98 Å². The largest absolute Gasteiger partial charge is 0.497 e. The lowest BCUT2D eigenvalue weighted by molar-refractivity contribution is -0.118. The summed E-state index contributed by atoms with van der Waals surface area (Å²) in [7, 11) is 3.08. The summed E-state index contributed by atoms with van der Waals surface area (Å²) in [5.41, 5.74) is 3.20. The van der Waals surface area contributed by atoms with Crippen molar-refractivity contribution in [2.45, 2.75) is 6.92 Å². The molecule has 0 aliphatic carbocycles. The van der Waals surface area contributed by atoms with Crippen LogP contribution in [0.1, 0.15) is 5.56 Å². The van der Waals surface area contributed by atoms with E-state index in [9.17, 15) is 4.79 Å². The molecule has 0 radical (unpaired) electrons. The molecule has 1 heterocycles. The first-order valence-corrected chi connectivity index (χ1v) is 10.2. The summed E-state index contributed by atoms with van der Waals surface area (Å²) in [6.45, 7) is 1.83. The molecule has 4 rings (SSSR count). The molecule has 168 valence electrons. The Labute approximate surface area is 191 Å². The molecule has 3 aromatic carbocycles. The van der Waals surface area contributed by atoms with Crippen LogP contribution >= 0.6 is 0 Å². The highest BCUT2D eigenvalue weighted by Gasteiger charge is 2.13. The SMILES string of the molecule is COc1ccc(OC)c(NC(=O)COc2cccc(-c3nc(-c4ccc(C)cc4)no3)c2)c1. The molecular weight excluding hydrogens is 422 g/mol. The Balaban J connectivity index is 1.42. The van der Waals surface area contributed by atoms with E-state index in [2.05, 4.69) is 15.5 Å². The second kappa shape index (κ2) is 9.86. The van der Waals surface area contributed by atoms with E-state index in [1.54, 1.807) is 43.5 Å². The van der Waals surface area contributed by atoms with Crippen molar-refractivity contribution in [2.24, 2.45) is 0 Å². The van der Waals surface area contributed by atoms with Crippen LogP contribution < -0.4 is 19.5 Å². The monoisotopic (exact) mass is 445 g/mol. The van der Waals surface area contributed by atoms with E-state index in [4.69, 9.17) is 18.7 Å². The molecule has 1 aromatic heterocycles. The molecule has 0 saturated heterocycles. The Morgan fingerprint density at radius 2 is 1.76 bits per heavy atom. The van der Waals surface area contributed by atoms with Crippen LogP contribution in [0.5, 0.6) is 17.2 Å². The number of carbonyl (C=O) groups is 1. The van der Waals surface area contributed by atoms with Crippen LogP contribution in [0, 0.1) is 6.92 Å². The fourth-order valence-electron chi connectivity index (χ4n) is 3.13. The van der Waals surface area contributed by atoms with Crippen molar-refractivity contribution in [3.63, 3.8) is 0 Å². The zero-order valence-electron chi connectivity index (χ0n) is 18.5. The van der Waals surface area contributed by atoms with Crippen molar-refractivity contribution in [3.8, 4) is 40.1 Å². The first kappa shape index (κ1) is 21.9. The van der Waals surface area contributed by atoms with Crippen LogP contribution in [0.2, 0.25) is 0 Å². The van der Waals surface area contributed by atoms with Crippen LogP contribution in [0.15, 0.2) is 71.3 Å². The van der Waals surface area contributed by atoms with Crippen molar-refractivity contribution in [1.82, 2.24) is 10.1 Å². The van der Waals surface area contributed by atoms with E-state index in [0.29, 0.717) is 40.2 Å². The maximum absolute atomic E-state index is 12.4. The summed E-state index contributed by atoms with van der Waals surface area (Å²) in [6, 6.07) is 20.1. The second-order valence-corrected chi connectivity index (χ2v) is 7.22. The molecule has 33 heavy (non-hydrogen) atoms. The number of aryl methyl sites for hydroxylation is 1. The second-order valence-electron chi connectivity index (χ2n) is 7.22. The van der Waals surface area contributed by atoms with Crippen LogP contribution in [-0.2, 0) is 4.79 Å². The molecule has 0 spiro atoms. The molecule has 0 aliphatic heterocycles. The average Bonchev–Trinajstić information content (AvgIpc) is 3.34. The fraction of sp³-hybridized carbons (Fsp3) is 0.160. The molecule has 1 N–H and O–H groups in total. The van der Waals surface area contributed by atoms with Gasteiger partial charge in [-0.15, -0.1) is 0 Å². The van der Waals surface area contributed by atoms with Crippen LogP contribution in [0.25, 0.3) is 22.8 Å². The van der Waals surface area contributed by atoms with Gasteiger partial charge in [-0.1, -0.05) is 41.1 Å². The maximum atomic E-state index is 12.4. The summed E-state index contributed by atoms with van der Waals surface area (Å²) in [6.07, 6.45) is 0. The number of hydrogen-bond acceptors (Lipinski definition) is 7. The zero-order valence-corrected chi connectivity index (χ0v) is 18.5. The number of methoxy groups -OCH3 is 2. The molecular formula is C25H23N3O5. The molecule has 0 atom stereocenters. The van der Waals surface area contributed by atoms with E-state index in [1.165, 1.54) is 7.11 Å². The van der Waals surface area contributed by atoms with Crippen LogP contribution in [0.4, 0.5) is 5.69 Å². The molecule has 8 nitrogen and oxygen atoms in total. The minimum Gasteiger partial charge on any atom is -0.497 e. The minimum atomic E-state index is -0.341. The number of hydrogen-bond donors (Lipinski definition) is 1. The Morgan fingerprint density at radius 3 is 2.52 bits per heavy atom. The molecule has 0 bridgehead atoms. The van der Waals surface area contributed by atoms with Crippen molar-refractivity contribution in [1.29, 1.82) is 0 Å². The standard InChI is InChI=1S/C25H23N3O5/c1-16-7-9-17(10-8-16)24-27-25(33-28-24)18-5-4-6-20(13-18)32-15-23(29)26-21-14-19(30-2)11-12-22(21)31-3/h4-14H,15H2,1-3H3,(H,26,29). The normalized spacial score (nSPS) is 10.5. The quantitative estimate of drug-likeness (QED) is 0.418. The topological polar surface area (TPSA) is 95.7 Å². The van der Waals surface area contributed by atoms with Gasteiger partial charge in [0.25, 0.3) is 11.8 Å². The van der Waals surface area contributed by atoms with Gasteiger partial charge in [-0.25, -0.2) is 0 Å². The van der Waals surface area contributed by atoms with Gasteiger partial charge < -0.3 is 24.1 Å². The van der Waals surface area contributed by atoms with Gasteiger partial charge in [0.05, 0.1) is 19.9 Å². The van der Waals surface area contributed by atoms with Gasteiger partial charge in [0.2, 0.25) is 5.82 Å². The summed E-state index contributed by atoms with van der Waals surface area (Å²) >= 11 is 0. The van der Waals surface area contributed by atoms with E-state index in [0.717, 1.165) is 11.1 Å². The molecule has 1 amide bonds. The van der Waals surface area contributed by atoms with Crippen molar-refractivity contribution < 1.29 is 23.5 Å². The minimum absolute atomic E-state index is 0.192. The highest BCUT2D eigenvalue weighted by Crippen LogP contribution is 2.29. The van der Waals surface area contributed by atoms with E-state index < -0.39 is 0 Å². The predicted octanol–water partition coefficient (Wildman–Crippen LogP) is 4.75. The summed E-state index contributed by atoms with van der Waals surface area (Å²) in [4.78, 5) is 16.9. The number of ether oxygens (including phenoxy) is 3. The van der Waals surface area contributed by atoms with Crippen LogP contribution in [-0.4, -0.2) is 36.9 Å². The van der Waals surface area contributed by atoms with Gasteiger partial charge in [0, 0.05) is 17.2 Å². The summed E-state index contributed by atoms with van der Waals surface area (Å²) in [5.74, 6) is 2.14. The van der Waals surface area contributed by atoms with Crippen molar-refractivity contribution in [2.75, 3.05) is 26.1 Å². The Bertz CT molecular complexity index is 1250. The summed E-state index contributed by atoms with van der Waals surface area (Å²) in [5, 5.41) is 6.83. The van der Waals surface area contributed by atoms with Gasteiger partial charge in [0.15, 0.2) is 6.61 Å². The first-order valence-electron chi connectivity index (χ1n) is 10.2. The number of rotatable bonds is 8. The van der Waals surface area contributed by atoms with Crippen molar-refractivity contribution >= 4 is 11.6 Å². The third-order valence-electron chi connectivity index (χ3n) is 4.87. The number of anilines is 1. The first-order chi connectivity index (χ1) is 16.1. The van der Waals surface area contributed by atoms with E-state index >= 15 is 0 Å². The lowest BCUT2D eigenvalue weighted by Gasteiger charge is -2.12. The Kier molecular flexibility index (Phi) is 6.54. The number of nitrogens with one attached hydrogen (secondary N) is 1. The number of benzene rings is 3. The molecule has 0 aliphatic rings. The highest BCUT2D eigenvalue weighted by atomic mass is 16.5. The third kappa shape index (κ3) is 5.30. The summed E-state index contributed by atoms with van der Waals surface area (Å²) < 4.78 is 21.6. The van der Waals surface area contributed by atoms with Gasteiger partial charge >= 0.3 is 0 Å². The lowest BCUT2D eigenvalue weighted by Crippen LogP contribution is -2.20. The Morgan fingerprint density at radius 1 is 0.939 bits per heavy atom. The third-order valence-corrected chi connectivity index (χ3v) is 4.87. The smallest absolute Gasteiger partial charge is 0.262 e. The number of nitrogens with zero attached hydrogens (tertiary/aromatic N) is 2.